The number of carbonyl (C=O) groups excluding carboxylic acids is 1. The van der Waals surface area contributed by atoms with Gasteiger partial charge in [-0.05, 0) is 44.9 Å². The first-order valence-corrected chi connectivity index (χ1v) is 33.5. The lowest BCUT2D eigenvalue weighted by molar-refractivity contribution is -0.302. The Morgan fingerprint density at radius 2 is 0.776 bits per heavy atom. The van der Waals surface area contributed by atoms with Gasteiger partial charge in [0.05, 0.1) is 25.4 Å². The molecule has 7 unspecified atom stereocenters. The molecule has 1 rings (SSSR count). The van der Waals surface area contributed by atoms with Crippen LogP contribution in [0.3, 0.4) is 0 Å². The standard InChI is InChI=1S/C67H129NO8/c1-3-5-7-9-11-13-15-17-19-21-23-25-26-27-28-29-30-31-32-33-34-35-36-37-39-41-43-45-47-49-51-53-55-57-63(71)68-60(59-75-67-66(74)65(73)64(72)62(58-69)76-67)61(70)56-54-52-50-48-46-44-42-40-38-24-22-20-18-16-14-12-10-8-6-4-2/h23,25,27-28,60-62,64-67,69-70,72-74H,3-22,24,26,29-59H2,1-2H3,(H,68,71)/b25-23-,28-27-. The van der Waals surface area contributed by atoms with Gasteiger partial charge in [0.1, 0.15) is 24.4 Å². The van der Waals surface area contributed by atoms with E-state index in [1.807, 2.05) is 0 Å². The second-order valence-electron chi connectivity index (χ2n) is 23.6. The number of aliphatic hydroxyl groups excluding tert-OH is 5. The number of amides is 1. The molecule has 1 amide bonds. The molecule has 450 valence electrons. The maximum absolute atomic E-state index is 13.1. The van der Waals surface area contributed by atoms with Gasteiger partial charge in [-0.15, -0.1) is 0 Å². The number of unbranched alkanes of at least 4 members (excludes halogenated alkanes) is 45. The van der Waals surface area contributed by atoms with Gasteiger partial charge in [-0.2, -0.15) is 0 Å². The van der Waals surface area contributed by atoms with Gasteiger partial charge in [0.15, 0.2) is 6.29 Å². The Balaban J connectivity index is 2.10. The normalized spacial score (nSPS) is 18.9. The zero-order valence-corrected chi connectivity index (χ0v) is 50.3. The van der Waals surface area contributed by atoms with E-state index >= 15 is 0 Å². The lowest BCUT2D eigenvalue weighted by Gasteiger charge is -2.40. The number of nitrogens with one attached hydrogen (secondary N) is 1. The Bertz CT molecular complexity index is 1250. The third-order valence-corrected chi connectivity index (χ3v) is 16.3. The first kappa shape index (κ1) is 72.7. The van der Waals surface area contributed by atoms with Crippen LogP contribution in [0.5, 0.6) is 0 Å². The van der Waals surface area contributed by atoms with Crippen molar-refractivity contribution in [2.24, 2.45) is 0 Å². The molecule has 76 heavy (non-hydrogen) atoms. The summed E-state index contributed by atoms with van der Waals surface area (Å²) in [6, 6.07) is -0.718. The molecule has 0 aromatic carbocycles. The minimum atomic E-state index is -1.55. The second kappa shape index (κ2) is 56.9. The number of ether oxygens (including phenoxy) is 2. The molecule has 0 spiro atoms. The summed E-state index contributed by atoms with van der Waals surface area (Å²) in [6.07, 6.45) is 66.6. The van der Waals surface area contributed by atoms with Gasteiger partial charge in [-0.3, -0.25) is 4.79 Å². The van der Waals surface area contributed by atoms with Crippen LogP contribution in [0.4, 0.5) is 0 Å². The summed E-state index contributed by atoms with van der Waals surface area (Å²) in [4.78, 5) is 13.1. The molecule has 0 aromatic heterocycles. The molecular weight excluding hydrogens is 947 g/mol. The zero-order valence-electron chi connectivity index (χ0n) is 50.3. The van der Waals surface area contributed by atoms with Crippen molar-refractivity contribution in [2.75, 3.05) is 13.2 Å². The van der Waals surface area contributed by atoms with E-state index in [1.54, 1.807) is 0 Å². The Morgan fingerprint density at radius 1 is 0.447 bits per heavy atom. The molecular formula is C67H129NO8. The average molecular weight is 1080 g/mol. The highest BCUT2D eigenvalue weighted by Crippen LogP contribution is 2.24. The summed E-state index contributed by atoms with van der Waals surface area (Å²) >= 11 is 0. The fraction of sp³-hybridized carbons (Fsp3) is 0.925. The molecule has 9 nitrogen and oxygen atoms in total. The minimum Gasteiger partial charge on any atom is -0.394 e. The van der Waals surface area contributed by atoms with Gasteiger partial charge in [-0.1, -0.05) is 314 Å². The van der Waals surface area contributed by atoms with Crippen LogP contribution in [0.1, 0.15) is 341 Å². The number of hydrogen-bond acceptors (Lipinski definition) is 8. The first-order chi connectivity index (χ1) is 37.3. The van der Waals surface area contributed by atoms with Crippen LogP contribution in [-0.4, -0.2) is 87.5 Å². The third-order valence-electron chi connectivity index (χ3n) is 16.3. The quantitative estimate of drug-likeness (QED) is 0.0261. The predicted octanol–water partition coefficient (Wildman–Crippen LogP) is 17.7. The summed E-state index contributed by atoms with van der Waals surface area (Å²) in [5, 5.41) is 54.8. The molecule has 6 N–H and O–H groups in total. The predicted molar refractivity (Wildman–Crippen MR) is 323 cm³/mol. The van der Waals surface area contributed by atoms with E-state index in [4.69, 9.17) is 9.47 Å². The van der Waals surface area contributed by atoms with Gasteiger partial charge in [-0.25, -0.2) is 0 Å². The molecule has 0 radical (unpaired) electrons. The number of hydrogen-bond donors (Lipinski definition) is 6. The van der Waals surface area contributed by atoms with E-state index in [0.29, 0.717) is 12.8 Å². The van der Waals surface area contributed by atoms with Crippen molar-refractivity contribution >= 4 is 5.91 Å². The van der Waals surface area contributed by atoms with Crippen LogP contribution in [-0.2, 0) is 14.3 Å². The maximum atomic E-state index is 13.1. The molecule has 1 saturated heterocycles. The van der Waals surface area contributed by atoms with Gasteiger partial charge in [0.2, 0.25) is 5.91 Å². The first-order valence-electron chi connectivity index (χ1n) is 33.5. The van der Waals surface area contributed by atoms with Crippen LogP contribution >= 0.6 is 0 Å². The van der Waals surface area contributed by atoms with Gasteiger partial charge >= 0.3 is 0 Å². The Morgan fingerprint density at radius 3 is 1.13 bits per heavy atom. The van der Waals surface area contributed by atoms with Crippen molar-refractivity contribution in [3.05, 3.63) is 24.3 Å². The monoisotopic (exact) mass is 1080 g/mol. The minimum absolute atomic E-state index is 0.133. The topological polar surface area (TPSA) is 149 Å². The number of carbonyl (C=O) groups is 1. The second-order valence-corrected chi connectivity index (χ2v) is 23.6. The van der Waals surface area contributed by atoms with E-state index < -0.39 is 49.5 Å². The summed E-state index contributed by atoms with van der Waals surface area (Å²) in [6.45, 7) is 3.89. The van der Waals surface area contributed by atoms with Crippen molar-refractivity contribution in [1.29, 1.82) is 0 Å². The van der Waals surface area contributed by atoms with Crippen LogP contribution < -0.4 is 5.32 Å². The van der Waals surface area contributed by atoms with Gasteiger partial charge in [0.25, 0.3) is 0 Å². The zero-order chi connectivity index (χ0) is 55.0. The molecule has 1 heterocycles. The van der Waals surface area contributed by atoms with Crippen LogP contribution in [0.15, 0.2) is 24.3 Å². The highest BCUT2D eigenvalue weighted by atomic mass is 16.7. The molecule has 1 aliphatic rings. The highest BCUT2D eigenvalue weighted by molar-refractivity contribution is 5.76. The number of allylic oxidation sites excluding steroid dienone is 4. The lowest BCUT2D eigenvalue weighted by atomic mass is 9.99. The van der Waals surface area contributed by atoms with E-state index in [1.165, 1.54) is 270 Å². The van der Waals surface area contributed by atoms with Gasteiger partial charge in [0, 0.05) is 6.42 Å². The molecule has 7 atom stereocenters. The fourth-order valence-electron chi connectivity index (χ4n) is 11.0. The Hall–Kier alpha value is -1.33. The molecule has 0 saturated carbocycles. The molecule has 1 fully saturated rings. The number of rotatable bonds is 59. The largest absolute Gasteiger partial charge is 0.394 e. The van der Waals surface area contributed by atoms with Crippen LogP contribution in [0, 0.1) is 0 Å². The Kier molecular flexibility index (Phi) is 54.4. The van der Waals surface area contributed by atoms with Crippen molar-refractivity contribution in [2.45, 2.75) is 384 Å². The highest BCUT2D eigenvalue weighted by Gasteiger charge is 2.44. The summed E-state index contributed by atoms with van der Waals surface area (Å²) < 4.78 is 11.4. The van der Waals surface area contributed by atoms with Crippen molar-refractivity contribution in [3.63, 3.8) is 0 Å². The molecule has 1 aliphatic heterocycles. The number of aliphatic hydroxyl groups is 5. The Labute approximate surface area is 470 Å². The van der Waals surface area contributed by atoms with E-state index in [2.05, 4.69) is 43.5 Å². The van der Waals surface area contributed by atoms with E-state index in [9.17, 15) is 30.3 Å². The summed E-state index contributed by atoms with van der Waals surface area (Å²) in [5.74, 6) is -0.137. The lowest BCUT2D eigenvalue weighted by Crippen LogP contribution is -2.60. The summed E-state index contributed by atoms with van der Waals surface area (Å²) in [5.41, 5.74) is 0. The maximum Gasteiger partial charge on any atom is 0.220 e. The molecule has 0 bridgehead atoms. The third kappa shape index (κ3) is 45.4. The van der Waals surface area contributed by atoms with Crippen LogP contribution in [0.25, 0.3) is 0 Å². The molecule has 0 aromatic rings. The SMILES string of the molecule is CCCCCCCCCCC/C=C\C/C=C\CCCCCCCCCCCCCCCCCCCC(=O)NC(COC1OC(CO)C(O)C(O)C1O)C(O)CCCCCCCCCCCCCCCCCCCCCC. The smallest absolute Gasteiger partial charge is 0.220 e. The summed E-state index contributed by atoms with van der Waals surface area (Å²) in [7, 11) is 0. The van der Waals surface area contributed by atoms with Crippen LogP contribution in [0.2, 0.25) is 0 Å². The van der Waals surface area contributed by atoms with Gasteiger partial charge < -0.3 is 40.3 Å². The fourth-order valence-corrected chi connectivity index (χ4v) is 11.0. The average Bonchev–Trinajstić information content (AvgIpc) is 3.42. The van der Waals surface area contributed by atoms with Crippen molar-refractivity contribution in [3.8, 4) is 0 Å². The molecule has 0 aliphatic carbocycles. The van der Waals surface area contributed by atoms with Crippen molar-refractivity contribution in [1.82, 2.24) is 5.32 Å². The van der Waals surface area contributed by atoms with Crippen molar-refractivity contribution < 1.29 is 39.8 Å². The molecule has 9 heteroatoms. The van der Waals surface area contributed by atoms with E-state index in [-0.39, 0.29) is 12.5 Å². The van der Waals surface area contributed by atoms with E-state index in [0.717, 1.165) is 44.9 Å².